The Bertz CT molecular complexity index is 391. The van der Waals surface area contributed by atoms with Gasteiger partial charge in [0.05, 0.1) is 7.11 Å². The summed E-state index contributed by atoms with van der Waals surface area (Å²) in [5.41, 5.74) is 0.858. The lowest BCUT2D eigenvalue weighted by Crippen LogP contribution is -2.31. The van der Waals surface area contributed by atoms with Crippen LogP contribution in [0.5, 0.6) is 5.88 Å². The first kappa shape index (κ1) is 10.7. The zero-order valence-corrected chi connectivity index (χ0v) is 9.09. The molecular formula is C11H14N2O3. The lowest BCUT2D eigenvalue weighted by Gasteiger charge is -2.22. The van der Waals surface area contributed by atoms with E-state index in [4.69, 9.17) is 9.84 Å². The molecule has 0 radical (unpaired) electrons. The first-order valence-corrected chi connectivity index (χ1v) is 5.19. The van der Waals surface area contributed by atoms with Crippen LogP contribution in [-0.2, 0) is 4.79 Å². The largest absolute Gasteiger partial charge is 0.481 e. The number of ether oxygens (including phenoxy) is 1. The number of hydrogen-bond donors (Lipinski definition) is 1. The van der Waals surface area contributed by atoms with Gasteiger partial charge in [-0.2, -0.15) is 0 Å². The number of methoxy groups -OCH3 is 1. The van der Waals surface area contributed by atoms with Crippen molar-refractivity contribution in [2.24, 2.45) is 0 Å². The molecule has 16 heavy (non-hydrogen) atoms. The molecule has 0 unspecified atom stereocenters. The molecule has 2 rings (SSSR count). The quantitative estimate of drug-likeness (QED) is 0.809. The summed E-state index contributed by atoms with van der Waals surface area (Å²) in [6.45, 7) is 0.0256. The summed E-state index contributed by atoms with van der Waals surface area (Å²) in [5, 5.41) is 8.86. The Labute approximate surface area is 93.7 Å². The Morgan fingerprint density at radius 3 is 3.00 bits per heavy atom. The number of carboxylic acid groups (broad SMARTS) is 1. The van der Waals surface area contributed by atoms with Crippen LogP contribution in [0, 0.1) is 0 Å². The molecule has 0 bridgehead atoms. The van der Waals surface area contributed by atoms with Crippen LogP contribution in [0.2, 0.25) is 0 Å². The first-order valence-electron chi connectivity index (χ1n) is 5.19. The number of carboxylic acids is 1. The highest BCUT2D eigenvalue weighted by atomic mass is 16.5. The predicted octanol–water partition coefficient (Wildman–Crippen LogP) is 1.14. The van der Waals surface area contributed by atoms with E-state index in [-0.39, 0.29) is 6.54 Å². The Morgan fingerprint density at radius 1 is 1.69 bits per heavy atom. The van der Waals surface area contributed by atoms with Gasteiger partial charge in [-0.25, -0.2) is 4.98 Å². The van der Waals surface area contributed by atoms with Crippen LogP contribution in [0.3, 0.4) is 0 Å². The summed E-state index contributed by atoms with van der Waals surface area (Å²) in [6.07, 6.45) is 3.74. The van der Waals surface area contributed by atoms with Gasteiger partial charge in [0.1, 0.15) is 6.54 Å². The Balaban J connectivity index is 2.20. The van der Waals surface area contributed by atoms with E-state index in [1.807, 2.05) is 11.0 Å². The van der Waals surface area contributed by atoms with E-state index in [1.54, 1.807) is 19.4 Å². The zero-order valence-electron chi connectivity index (χ0n) is 9.09. The monoisotopic (exact) mass is 222 g/mol. The molecular weight excluding hydrogens is 208 g/mol. The van der Waals surface area contributed by atoms with Gasteiger partial charge in [0.2, 0.25) is 5.88 Å². The molecule has 1 aliphatic carbocycles. The van der Waals surface area contributed by atoms with Gasteiger partial charge < -0.3 is 14.7 Å². The highest BCUT2D eigenvalue weighted by Gasteiger charge is 2.30. The number of hydrogen-bond acceptors (Lipinski definition) is 4. The van der Waals surface area contributed by atoms with E-state index in [1.165, 1.54) is 0 Å². The molecule has 0 saturated heterocycles. The number of aliphatic carboxylic acids is 1. The molecule has 1 aliphatic rings. The molecule has 1 N–H and O–H groups in total. The van der Waals surface area contributed by atoms with Crippen molar-refractivity contribution >= 4 is 11.7 Å². The van der Waals surface area contributed by atoms with E-state index in [9.17, 15) is 4.79 Å². The summed E-state index contributed by atoms with van der Waals surface area (Å²) in [5.74, 6) is -0.309. The molecule has 1 saturated carbocycles. The van der Waals surface area contributed by atoms with Gasteiger partial charge in [-0.3, -0.25) is 4.79 Å². The lowest BCUT2D eigenvalue weighted by molar-refractivity contribution is -0.135. The van der Waals surface area contributed by atoms with E-state index in [0.29, 0.717) is 11.9 Å². The third-order valence-corrected chi connectivity index (χ3v) is 2.55. The van der Waals surface area contributed by atoms with Gasteiger partial charge in [0.15, 0.2) is 0 Å². The molecule has 0 aromatic carbocycles. The van der Waals surface area contributed by atoms with Crippen LogP contribution >= 0.6 is 0 Å². The summed E-state index contributed by atoms with van der Waals surface area (Å²) in [7, 11) is 1.55. The van der Waals surface area contributed by atoms with Gasteiger partial charge in [0.25, 0.3) is 0 Å². The van der Waals surface area contributed by atoms with E-state index in [2.05, 4.69) is 4.98 Å². The van der Waals surface area contributed by atoms with Crippen molar-refractivity contribution in [3.8, 4) is 5.88 Å². The lowest BCUT2D eigenvalue weighted by atomic mass is 10.3. The fourth-order valence-electron chi connectivity index (χ4n) is 1.65. The summed E-state index contributed by atoms with van der Waals surface area (Å²) < 4.78 is 5.02. The van der Waals surface area contributed by atoms with Crippen molar-refractivity contribution < 1.29 is 14.6 Å². The second-order valence-electron chi connectivity index (χ2n) is 3.81. The Hall–Kier alpha value is -1.78. The van der Waals surface area contributed by atoms with Gasteiger partial charge in [-0.1, -0.05) is 0 Å². The van der Waals surface area contributed by atoms with Crippen LogP contribution in [0.4, 0.5) is 5.69 Å². The van der Waals surface area contributed by atoms with Crippen molar-refractivity contribution in [3.63, 3.8) is 0 Å². The Kier molecular flexibility index (Phi) is 2.94. The average Bonchev–Trinajstić information content (AvgIpc) is 3.09. The van der Waals surface area contributed by atoms with Crippen LogP contribution in [-0.4, -0.2) is 35.8 Å². The molecule has 1 aromatic rings. The van der Waals surface area contributed by atoms with Gasteiger partial charge >= 0.3 is 5.97 Å². The maximum Gasteiger partial charge on any atom is 0.323 e. The van der Waals surface area contributed by atoms with E-state index in [0.717, 1.165) is 18.5 Å². The van der Waals surface area contributed by atoms with Crippen molar-refractivity contribution in [2.75, 3.05) is 18.6 Å². The van der Waals surface area contributed by atoms with Gasteiger partial charge in [-0.15, -0.1) is 0 Å². The minimum Gasteiger partial charge on any atom is -0.481 e. The molecule has 0 amide bonds. The Morgan fingerprint density at radius 2 is 2.44 bits per heavy atom. The standard InChI is InChI=1S/C11H14N2O3/c1-16-10-6-9(4-5-12-10)13(7-11(14)15)8-2-3-8/h4-6,8H,2-3,7H2,1H3,(H,14,15). The topological polar surface area (TPSA) is 62.7 Å². The predicted molar refractivity (Wildman–Crippen MR) is 58.8 cm³/mol. The number of anilines is 1. The minimum atomic E-state index is -0.817. The highest BCUT2D eigenvalue weighted by molar-refractivity contribution is 5.74. The maximum atomic E-state index is 10.8. The molecule has 5 heteroatoms. The number of pyridine rings is 1. The smallest absolute Gasteiger partial charge is 0.323 e. The van der Waals surface area contributed by atoms with Crippen LogP contribution in [0.1, 0.15) is 12.8 Å². The zero-order chi connectivity index (χ0) is 11.5. The molecule has 1 fully saturated rings. The minimum absolute atomic E-state index is 0.0256. The molecule has 1 aromatic heterocycles. The third kappa shape index (κ3) is 2.42. The summed E-state index contributed by atoms with van der Waals surface area (Å²) in [4.78, 5) is 16.7. The van der Waals surface area contributed by atoms with Crippen LogP contribution in [0.25, 0.3) is 0 Å². The summed E-state index contributed by atoms with van der Waals surface area (Å²) in [6, 6.07) is 3.92. The fourth-order valence-corrected chi connectivity index (χ4v) is 1.65. The van der Waals surface area contributed by atoms with E-state index < -0.39 is 5.97 Å². The molecule has 0 spiro atoms. The van der Waals surface area contributed by atoms with Crippen LogP contribution < -0.4 is 9.64 Å². The first-order chi connectivity index (χ1) is 7.70. The average molecular weight is 222 g/mol. The fraction of sp³-hybridized carbons (Fsp3) is 0.455. The number of nitrogens with zero attached hydrogens (tertiary/aromatic N) is 2. The third-order valence-electron chi connectivity index (χ3n) is 2.55. The molecule has 0 atom stereocenters. The van der Waals surface area contributed by atoms with Crippen molar-refractivity contribution in [3.05, 3.63) is 18.3 Å². The summed E-state index contributed by atoms with van der Waals surface area (Å²) >= 11 is 0. The second-order valence-corrected chi connectivity index (χ2v) is 3.81. The normalized spacial score (nSPS) is 14.6. The highest BCUT2D eigenvalue weighted by Crippen LogP contribution is 2.32. The molecule has 5 nitrogen and oxygen atoms in total. The number of aromatic nitrogens is 1. The van der Waals surface area contributed by atoms with Crippen molar-refractivity contribution in [1.82, 2.24) is 4.98 Å². The molecule has 86 valence electrons. The van der Waals surface area contributed by atoms with Crippen LogP contribution in [0.15, 0.2) is 18.3 Å². The molecule has 1 heterocycles. The van der Waals surface area contributed by atoms with Gasteiger partial charge in [0, 0.05) is 24.0 Å². The second kappa shape index (κ2) is 4.38. The van der Waals surface area contributed by atoms with Gasteiger partial charge in [-0.05, 0) is 18.9 Å². The van der Waals surface area contributed by atoms with Crippen molar-refractivity contribution in [2.45, 2.75) is 18.9 Å². The SMILES string of the molecule is COc1cc(N(CC(=O)O)C2CC2)ccn1. The molecule has 0 aliphatic heterocycles. The maximum absolute atomic E-state index is 10.8. The van der Waals surface area contributed by atoms with Crippen molar-refractivity contribution in [1.29, 1.82) is 0 Å². The number of rotatable bonds is 5. The van der Waals surface area contributed by atoms with E-state index >= 15 is 0 Å². The number of carbonyl (C=O) groups is 1.